The number of halogens is 4. The third-order valence-electron chi connectivity index (χ3n) is 4.58. The number of carbonyl (C=O) groups is 1. The fraction of sp³-hybridized carbons (Fsp3) is 0.190. The predicted octanol–water partition coefficient (Wildman–Crippen LogP) is 4.23. The Bertz CT molecular complexity index is 1120. The van der Waals surface area contributed by atoms with Gasteiger partial charge in [-0.1, -0.05) is 0 Å². The molecule has 1 N–H and O–H groups in total. The Hall–Kier alpha value is -3.73. The number of alkyl halides is 3. The quantitative estimate of drug-likeness (QED) is 0.465. The van der Waals surface area contributed by atoms with Crippen molar-refractivity contribution in [1.82, 2.24) is 9.97 Å². The van der Waals surface area contributed by atoms with Crippen molar-refractivity contribution in [1.29, 1.82) is 0 Å². The van der Waals surface area contributed by atoms with Crippen molar-refractivity contribution >= 4 is 17.4 Å². The summed E-state index contributed by atoms with van der Waals surface area (Å²) in [5, 5.41) is 2.57. The lowest BCUT2D eigenvalue weighted by atomic mass is 10.1. The van der Waals surface area contributed by atoms with Crippen LogP contribution in [0.25, 0.3) is 11.1 Å². The Morgan fingerprint density at radius 1 is 1.12 bits per heavy atom. The van der Waals surface area contributed by atoms with Crippen LogP contribution in [0.15, 0.2) is 54.9 Å². The number of nitrogens with one attached hydrogen (secondary N) is 1. The van der Waals surface area contributed by atoms with E-state index in [0.29, 0.717) is 24.5 Å². The van der Waals surface area contributed by atoms with E-state index in [-0.39, 0.29) is 23.5 Å². The van der Waals surface area contributed by atoms with Crippen LogP contribution in [0.2, 0.25) is 0 Å². The molecular weight excluding hydrogens is 432 g/mol. The van der Waals surface area contributed by atoms with E-state index in [1.165, 1.54) is 36.7 Å². The maximum atomic E-state index is 14.4. The van der Waals surface area contributed by atoms with Crippen molar-refractivity contribution in [2.75, 3.05) is 30.1 Å². The standard InChI is InChI=1S/C21H16F4N4O3/c22-18-16(2-1-7-26-18)17-10-13(11-27-19(17)29-8-9-31-12-29)20(30)28-14-3-5-15(6-4-14)32-21(23,24)25/h1-7,10-11H,8-9,12H2,(H,28,30). The number of carbonyl (C=O) groups excluding carboxylic acids is 1. The average Bonchev–Trinajstić information content (AvgIpc) is 3.29. The van der Waals surface area contributed by atoms with Crippen LogP contribution in [0, 0.1) is 5.95 Å². The summed E-state index contributed by atoms with van der Waals surface area (Å²) in [7, 11) is 0. The Balaban J connectivity index is 1.60. The van der Waals surface area contributed by atoms with Crippen LogP contribution in [0.1, 0.15) is 10.4 Å². The normalized spacial score (nSPS) is 13.8. The second-order valence-corrected chi connectivity index (χ2v) is 6.76. The van der Waals surface area contributed by atoms with Crippen LogP contribution in [0.3, 0.4) is 0 Å². The molecule has 0 aliphatic carbocycles. The van der Waals surface area contributed by atoms with Crippen LogP contribution >= 0.6 is 0 Å². The van der Waals surface area contributed by atoms with Crippen molar-refractivity contribution in [3.05, 3.63) is 66.4 Å². The van der Waals surface area contributed by atoms with E-state index < -0.39 is 24.0 Å². The molecule has 166 valence electrons. The SMILES string of the molecule is O=C(Nc1ccc(OC(F)(F)F)cc1)c1cnc(N2CCOC2)c(-c2cccnc2F)c1. The number of pyridine rings is 2. The lowest BCUT2D eigenvalue weighted by Crippen LogP contribution is -2.22. The first-order valence-corrected chi connectivity index (χ1v) is 9.41. The van der Waals surface area contributed by atoms with Gasteiger partial charge in [0.1, 0.15) is 18.3 Å². The largest absolute Gasteiger partial charge is 0.573 e. The zero-order chi connectivity index (χ0) is 22.7. The molecule has 7 nitrogen and oxygen atoms in total. The van der Waals surface area contributed by atoms with Crippen LogP contribution in [0.5, 0.6) is 5.75 Å². The molecule has 1 saturated heterocycles. The predicted molar refractivity (Wildman–Crippen MR) is 107 cm³/mol. The molecule has 0 saturated carbocycles. The number of hydrogen-bond donors (Lipinski definition) is 1. The van der Waals surface area contributed by atoms with Crippen molar-refractivity contribution < 1.29 is 31.8 Å². The summed E-state index contributed by atoms with van der Waals surface area (Å²) in [5.41, 5.74) is 0.909. The van der Waals surface area contributed by atoms with Crippen molar-refractivity contribution in [3.63, 3.8) is 0 Å². The van der Waals surface area contributed by atoms with Gasteiger partial charge in [0.25, 0.3) is 5.91 Å². The molecule has 1 fully saturated rings. The van der Waals surface area contributed by atoms with Crippen molar-refractivity contribution in [2.24, 2.45) is 0 Å². The number of aromatic nitrogens is 2. The third-order valence-corrected chi connectivity index (χ3v) is 4.58. The van der Waals surface area contributed by atoms with Gasteiger partial charge in [-0.2, -0.15) is 4.39 Å². The molecule has 0 unspecified atom stereocenters. The van der Waals surface area contributed by atoms with E-state index in [9.17, 15) is 22.4 Å². The Morgan fingerprint density at radius 3 is 2.56 bits per heavy atom. The van der Waals surface area contributed by atoms with E-state index in [2.05, 4.69) is 20.0 Å². The lowest BCUT2D eigenvalue weighted by Gasteiger charge is -2.19. The molecule has 1 aromatic carbocycles. The third kappa shape index (κ3) is 4.94. The van der Waals surface area contributed by atoms with Crippen LogP contribution < -0.4 is 15.0 Å². The molecule has 0 radical (unpaired) electrons. The first kappa shape index (κ1) is 21.5. The zero-order valence-corrected chi connectivity index (χ0v) is 16.4. The maximum Gasteiger partial charge on any atom is 0.573 e. The van der Waals surface area contributed by atoms with Gasteiger partial charge in [-0.25, -0.2) is 9.97 Å². The summed E-state index contributed by atoms with van der Waals surface area (Å²) in [4.78, 5) is 22.5. The van der Waals surface area contributed by atoms with Crippen LogP contribution in [0.4, 0.5) is 29.1 Å². The van der Waals surface area contributed by atoms with Gasteiger partial charge in [0, 0.05) is 35.8 Å². The van der Waals surface area contributed by atoms with Gasteiger partial charge in [0.15, 0.2) is 0 Å². The molecule has 0 spiro atoms. The van der Waals surface area contributed by atoms with E-state index in [1.54, 1.807) is 6.07 Å². The Labute approximate surface area is 179 Å². The topological polar surface area (TPSA) is 76.6 Å². The first-order chi connectivity index (χ1) is 15.3. The highest BCUT2D eigenvalue weighted by molar-refractivity contribution is 6.05. The number of nitrogens with zero attached hydrogens (tertiary/aromatic N) is 3. The number of amides is 1. The average molecular weight is 448 g/mol. The molecule has 1 aliphatic rings. The number of anilines is 2. The van der Waals surface area contributed by atoms with Crippen LogP contribution in [-0.2, 0) is 4.74 Å². The molecule has 0 atom stereocenters. The molecule has 2 aromatic heterocycles. The van der Waals surface area contributed by atoms with Crippen LogP contribution in [-0.4, -0.2) is 42.1 Å². The second-order valence-electron chi connectivity index (χ2n) is 6.76. The summed E-state index contributed by atoms with van der Waals surface area (Å²) in [6.45, 7) is 1.33. The number of ether oxygens (including phenoxy) is 2. The Morgan fingerprint density at radius 2 is 1.91 bits per heavy atom. The molecule has 3 heterocycles. The van der Waals surface area contributed by atoms with E-state index in [1.807, 2.05) is 4.90 Å². The monoisotopic (exact) mass is 448 g/mol. The second kappa shape index (κ2) is 8.79. The highest BCUT2D eigenvalue weighted by Crippen LogP contribution is 2.32. The minimum absolute atomic E-state index is 0.128. The molecule has 1 amide bonds. The fourth-order valence-corrected chi connectivity index (χ4v) is 3.14. The van der Waals surface area contributed by atoms with Gasteiger partial charge in [-0.3, -0.25) is 4.79 Å². The Kier molecular flexibility index (Phi) is 5.91. The molecule has 1 aliphatic heterocycles. The maximum absolute atomic E-state index is 14.4. The van der Waals surface area contributed by atoms with E-state index in [4.69, 9.17) is 4.74 Å². The summed E-state index contributed by atoms with van der Waals surface area (Å²) in [5.74, 6) is -1.26. The summed E-state index contributed by atoms with van der Waals surface area (Å²) in [6, 6.07) is 9.27. The van der Waals surface area contributed by atoms with Gasteiger partial charge in [-0.05, 0) is 42.5 Å². The fourth-order valence-electron chi connectivity index (χ4n) is 3.14. The highest BCUT2D eigenvalue weighted by Gasteiger charge is 2.31. The van der Waals surface area contributed by atoms with E-state index in [0.717, 1.165) is 12.1 Å². The summed E-state index contributed by atoms with van der Waals surface area (Å²) >= 11 is 0. The van der Waals surface area contributed by atoms with Gasteiger partial charge < -0.3 is 19.7 Å². The van der Waals surface area contributed by atoms with Crippen molar-refractivity contribution in [3.8, 4) is 16.9 Å². The smallest absolute Gasteiger partial charge is 0.406 e. The first-order valence-electron chi connectivity index (χ1n) is 9.41. The van der Waals surface area contributed by atoms with Crippen molar-refractivity contribution in [2.45, 2.75) is 6.36 Å². The zero-order valence-electron chi connectivity index (χ0n) is 16.4. The van der Waals surface area contributed by atoms with Gasteiger partial charge in [0.2, 0.25) is 5.95 Å². The van der Waals surface area contributed by atoms with Gasteiger partial charge in [-0.15, -0.1) is 13.2 Å². The van der Waals surface area contributed by atoms with Gasteiger partial charge >= 0.3 is 6.36 Å². The molecular formula is C21H16F4N4O3. The molecule has 11 heteroatoms. The summed E-state index contributed by atoms with van der Waals surface area (Å²) < 4.78 is 60.4. The lowest BCUT2D eigenvalue weighted by molar-refractivity contribution is -0.274. The highest BCUT2D eigenvalue weighted by atomic mass is 19.4. The number of rotatable bonds is 5. The minimum Gasteiger partial charge on any atom is -0.406 e. The minimum atomic E-state index is -4.81. The number of hydrogen-bond acceptors (Lipinski definition) is 6. The molecule has 32 heavy (non-hydrogen) atoms. The molecule has 3 aromatic rings. The number of benzene rings is 1. The van der Waals surface area contributed by atoms with E-state index >= 15 is 0 Å². The molecule has 4 rings (SSSR count). The molecule has 0 bridgehead atoms. The van der Waals surface area contributed by atoms with Gasteiger partial charge in [0.05, 0.1) is 12.2 Å². The summed E-state index contributed by atoms with van der Waals surface area (Å²) in [6.07, 6.45) is -2.16.